The number of morpholine rings is 1. The van der Waals surface area contributed by atoms with Gasteiger partial charge in [0, 0.05) is 29.9 Å². The highest BCUT2D eigenvalue weighted by Crippen LogP contribution is 2.30. The summed E-state index contributed by atoms with van der Waals surface area (Å²) in [4.78, 5) is 12.6. The van der Waals surface area contributed by atoms with Crippen molar-refractivity contribution < 1.29 is 22.7 Å². The second-order valence-corrected chi connectivity index (χ2v) is 9.22. The van der Waals surface area contributed by atoms with Crippen molar-refractivity contribution in [3.63, 3.8) is 0 Å². The Labute approximate surface area is 187 Å². The van der Waals surface area contributed by atoms with Crippen LogP contribution in [0.2, 0.25) is 0 Å². The first-order chi connectivity index (χ1) is 15.5. The molecule has 0 aromatic heterocycles. The summed E-state index contributed by atoms with van der Waals surface area (Å²) in [7, 11) is -2.36. The van der Waals surface area contributed by atoms with Crippen LogP contribution < -0.4 is 15.4 Å². The number of anilines is 2. The zero-order valence-corrected chi connectivity index (χ0v) is 18.5. The van der Waals surface area contributed by atoms with E-state index < -0.39 is 10.0 Å². The van der Waals surface area contributed by atoms with E-state index in [0.29, 0.717) is 18.9 Å². The van der Waals surface area contributed by atoms with Gasteiger partial charge in [-0.2, -0.15) is 4.31 Å². The number of benzene rings is 3. The Bertz CT molecular complexity index is 1220. The largest absolute Gasteiger partial charge is 0.495 e. The molecule has 8 nitrogen and oxygen atoms in total. The van der Waals surface area contributed by atoms with Gasteiger partial charge in [0.2, 0.25) is 15.9 Å². The number of carbonyl (C=O) groups excluding carboxylic acids is 1. The first-order valence-electron chi connectivity index (χ1n) is 10.3. The lowest BCUT2D eigenvalue weighted by Crippen LogP contribution is -2.40. The van der Waals surface area contributed by atoms with Crippen molar-refractivity contribution in [1.29, 1.82) is 0 Å². The monoisotopic (exact) mass is 455 g/mol. The third-order valence-corrected chi connectivity index (χ3v) is 7.18. The van der Waals surface area contributed by atoms with Crippen molar-refractivity contribution in [3.05, 3.63) is 60.7 Å². The van der Waals surface area contributed by atoms with Crippen LogP contribution in [-0.4, -0.2) is 58.6 Å². The molecule has 1 aliphatic heterocycles. The molecule has 3 aromatic carbocycles. The minimum Gasteiger partial charge on any atom is -0.495 e. The number of hydrogen-bond donors (Lipinski definition) is 2. The van der Waals surface area contributed by atoms with Crippen molar-refractivity contribution >= 4 is 38.1 Å². The molecule has 1 saturated heterocycles. The number of ether oxygens (including phenoxy) is 2. The summed E-state index contributed by atoms with van der Waals surface area (Å²) in [5.41, 5.74) is 1.23. The van der Waals surface area contributed by atoms with E-state index in [1.54, 1.807) is 12.1 Å². The smallest absolute Gasteiger partial charge is 0.246 e. The van der Waals surface area contributed by atoms with E-state index in [1.165, 1.54) is 17.5 Å². The molecule has 32 heavy (non-hydrogen) atoms. The van der Waals surface area contributed by atoms with E-state index in [-0.39, 0.29) is 36.2 Å². The van der Waals surface area contributed by atoms with Crippen LogP contribution in [0, 0.1) is 0 Å². The number of fused-ring (bicyclic) bond motifs is 1. The maximum absolute atomic E-state index is 13.1. The van der Waals surface area contributed by atoms with Gasteiger partial charge in [0.25, 0.3) is 0 Å². The Morgan fingerprint density at radius 1 is 1.06 bits per heavy atom. The van der Waals surface area contributed by atoms with E-state index >= 15 is 0 Å². The average Bonchev–Trinajstić information content (AvgIpc) is 2.83. The molecule has 0 atom stereocenters. The van der Waals surface area contributed by atoms with Crippen LogP contribution in [0.4, 0.5) is 11.4 Å². The van der Waals surface area contributed by atoms with Crippen molar-refractivity contribution in [2.75, 3.05) is 50.6 Å². The minimum absolute atomic E-state index is 0.0155. The van der Waals surface area contributed by atoms with E-state index in [9.17, 15) is 13.2 Å². The van der Waals surface area contributed by atoms with Crippen LogP contribution >= 0.6 is 0 Å². The SMILES string of the molecule is COc1ccc(NC(=O)CNc2cccc3ccccc23)cc1S(=O)(=O)N1CCOCC1. The van der Waals surface area contributed by atoms with Gasteiger partial charge in [0.15, 0.2) is 0 Å². The number of nitrogens with one attached hydrogen (secondary N) is 2. The highest BCUT2D eigenvalue weighted by molar-refractivity contribution is 7.89. The summed E-state index contributed by atoms with van der Waals surface area (Å²) in [5.74, 6) is -0.0683. The molecule has 9 heteroatoms. The summed E-state index contributed by atoms with van der Waals surface area (Å²) in [6.45, 7) is 1.27. The second-order valence-electron chi connectivity index (χ2n) is 7.31. The molecule has 0 unspecified atom stereocenters. The first-order valence-corrected chi connectivity index (χ1v) is 11.7. The number of amides is 1. The fraction of sp³-hybridized carbons (Fsp3) is 0.261. The molecule has 168 valence electrons. The lowest BCUT2D eigenvalue weighted by molar-refractivity contribution is -0.114. The van der Waals surface area contributed by atoms with E-state index in [4.69, 9.17) is 9.47 Å². The van der Waals surface area contributed by atoms with E-state index in [2.05, 4.69) is 10.6 Å². The molecule has 1 heterocycles. The molecular formula is C23H25N3O5S. The lowest BCUT2D eigenvalue weighted by Gasteiger charge is -2.26. The standard InChI is InChI=1S/C23H25N3O5S/c1-30-21-10-9-18(15-22(21)32(28,29)26-11-13-31-14-12-26)25-23(27)16-24-20-8-4-6-17-5-2-3-7-19(17)20/h2-10,15,24H,11-14,16H2,1H3,(H,25,27). The molecule has 1 aliphatic rings. The molecule has 0 radical (unpaired) electrons. The fourth-order valence-corrected chi connectivity index (χ4v) is 5.23. The molecule has 0 aliphatic carbocycles. The highest BCUT2D eigenvalue weighted by atomic mass is 32.2. The summed E-state index contributed by atoms with van der Waals surface area (Å²) in [5, 5.41) is 8.01. The van der Waals surface area contributed by atoms with Gasteiger partial charge >= 0.3 is 0 Å². The van der Waals surface area contributed by atoms with Gasteiger partial charge in [-0.05, 0) is 29.7 Å². The quantitative estimate of drug-likeness (QED) is 0.569. The Kier molecular flexibility index (Phi) is 6.59. The molecule has 0 spiro atoms. The second kappa shape index (κ2) is 9.56. The average molecular weight is 456 g/mol. The minimum atomic E-state index is -3.78. The topological polar surface area (TPSA) is 97.0 Å². The van der Waals surface area contributed by atoms with E-state index in [0.717, 1.165) is 16.5 Å². The number of methoxy groups -OCH3 is 1. The third-order valence-electron chi connectivity index (χ3n) is 5.26. The zero-order valence-electron chi connectivity index (χ0n) is 17.7. The number of nitrogens with zero attached hydrogens (tertiary/aromatic N) is 1. The molecule has 3 aromatic rings. The highest BCUT2D eigenvalue weighted by Gasteiger charge is 2.29. The van der Waals surface area contributed by atoms with Crippen molar-refractivity contribution in [2.24, 2.45) is 0 Å². The molecular weight excluding hydrogens is 430 g/mol. The molecule has 1 amide bonds. The van der Waals surface area contributed by atoms with Crippen molar-refractivity contribution in [1.82, 2.24) is 4.31 Å². The maximum atomic E-state index is 13.1. The van der Waals surface area contributed by atoms with Crippen LogP contribution in [0.3, 0.4) is 0 Å². The van der Waals surface area contributed by atoms with Crippen LogP contribution in [0.25, 0.3) is 10.8 Å². The van der Waals surface area contributed by atoms with Crippen LogP contribution in [0.15, 0.2) is 65.6 Å². The summed E-state index contributed by atoms with van der Waals surface area (Å²) < 4.78 is 38.1. The summed E-state index contributed by atoms with van der Waals surface area (Å²) in [6, 6.07) is 18.3. The van der Waals surface area contributed by atoms with Gasteiger partial charge in [-0.25, -0.2) is 8.42 Å². The Hall–Kier alpha value is -3.14. The molecule has 0 bridgehead atoms. The van der Waals surface area contributed by atoms with Crippen LogP contribution in [-0.2, 0) is 19.6 Å². The Balaban J connectivity index is 1.49. The van der Waals surface area contributed by atoms with Gasteiger partial charge in [0.1, 0.15) is 10.6 Å². The van der Waals surface area contributed by atoms with Gasteiger partial charge in [-0.3, -0.25) is 4.79 Å². The number of rotatable bonds is 7. The number of hydrogen-bond acceptors (Lipinski definition) is 6. The molecule has 0 saturated carbocycles. The molecule has 1 fully saturated rings. The molecule has 4 rings (SSSR count). The third kappa shape index (κ3) is 4.69. The Morgan fingerprint density at radius 2 is 1.81 bits per heavy atom. The van der Waals surface area contributed by atoms with Gasteiger partial charge in [0.05, 0.1) is 26.9 Å². The zero-order chi connectivity index (χ0) is 22.6. The lowest BCUT2D eigenvalue weighted by atomic mass is 10.1. The summed E-state index contributed by atoms with van der Waals surface area (Å²) >= 11 is 0. The van der Waals surface area contributed by atoms with Crippen LogP contribution in [0.1, 0.15) is 0 Å². The first kappa shape index (κ1) is 22.1. The fourth-order valence-electron chi connectivity index (χ4n) is 3.64. The van der Waals surface area contributed by atoms with E-state index in [1.807, 2.05) is 42.5 Å². The normalized spacial score (nSPS) is 14.8. The predicted molar refractivity (Wildman–Crippen MR) is 124 cm³/mol. The predicted octanol–water partition coefficient (Wildman–Crippen LogP) is 2.92. The summed E-state index contributed by atoms with van der Waals surface area (Å²) in [6.07, 6.45) is 0. The maximum Gasteiger partial charge on any atom is 0.246 e. The van der Waals surface area contributed by atoms with Crippen molar-refractivity contribution in [3.8, 4) is 5.75 Å². The number of carbonyl (C=O) groups is 1. The number of sulfonamides is 1. The van der Waals surface area contributed by atoms with Gasteiger partial charge in [-0.1, -0.05) is 36.4 Å². The Morgan fingerprint density at radius 3 is 2.59 bits per heavy atom. The van der Waals surface area contributed by atoms with Crippen molar-refractivity contribution in [2.45, 2.75) is 4.90 Å². The molecule has 2 N–H and O–H groups in total. The van der Waals surface area contributed by atoms with Crippen LogP contribution in [0.5, 0.6) is 5.75 Å². The van der Waals surface area contributed by atoms with Gasteiger partial charge < -0.3 is 20.1 Å². The van der Waals surface area contributed by atoms with Gasteiger partial charge in [-0.15, -0.1) is 0 Å².